The van der Waals surface area contributed by atoms with Crippen LogP contribution in [0.3, 0.4) is 0 Å². The zero-order valence-electron chi connectivity index (χ0n) is 15.6. The number of nitrogens with zero attached hydrogens (tertiary/aromatic N) is 2. The number of halogens is 4. The first kappa shape index (κ1) is 23.0. The standard InChI is InChI=1S/C21H24F2N2O.2ClH/c22-16-3-1-15(2-4-16)19-14-21(18-6-5-17(23)13-20(18)19)25-9-7-24(8-10-25)11-12-26;;/h1-6,13,19,21,26H,7-12,14H2;2*1H. The molecule has 2 atom stereocenters. The van der Waals surface area contributed by atoms with Gasteiger partial charge < -0.3 is 5.11 Å². The summed E-state index contributed by atoms with van der Waals surface area (Å²) in [5, 5.41) is 9.11. The molecular formula is C21H26Cl2F2N2O. The predicted molar refractivity (Wildman–Crippen MR) is 112 cm³/mol. The Bertz CT molecular complexity index is 768. The quantitative estimate of drug-likeness (QED) is 0.793. The largest absolute Gasteiger partial charge is 0.395 e. The molecule has 1 heterocycles. The smallest absolute Gasteiger partial charge is 0.123 e. The van der Waals surface area contributed by atoms with E-state index in [0.29, 0.717) is 0 Å². The predicted octanol–water partition coefficient (Wildman–Crippen LogP) is 4.00. The van der Waals surface area contributed by atoms with Crippen molar-refractivity contribution < 1.29 is 13.9 Å². The maximum absolute atomic E-state index is 13.9. The minimum absolute atomic E-state index is 0. The highest BCUT2D eigenvalue weighted by Crippen LogP contribution is 2.47. The Balaban J connectivity index is 0.00000140. The van der Waals surface area contributed by atoms with Gasteiger partial charge >= 0.3 is 0 Å². The lowest BCUT2D eigenvalue weighted by Crippen LogP contribution is -2.48. The van der Waals surface area contributed by atoms with Gasteiger partial charge in [0.15, 0.2) is 0 Å². The van der Waals surface area contributed by atoms with Crippen molar-refractivity contribution in [3.63, 3.8) is 0 Å². The van der Waals surface area contributed by atoms with Crippen LogP contribution in [0.1, 0.15) is 35.1 Å². The van der Waals surface area contributed by atoms with Gasteiger partial charge in [0.05, 0.1) is 6.61 Å². The van der Waals surface area contributed by atoms with Gasteiger partial charge in [-0.1, -0.05) is 18.2 Å². The van der Waals surface area contributed by atoms with E-state index in [-0.39, 0.29) is 55.0 Å². The van der Waals surface area contributed by atoms with E-state index in [1.54, 1.807) is 12.1 Å². The van der Waals surface area contributed by atoms with Gasteiger partial charge in [0.1, 0.15) is 11.6 Å². The van der Waals surface area contributed by atoms with Crippen molar-refractivity contribution in [1.29, 1.82) is 0 Å². The van der Waals surface area contributed by atoms with Crippen LogP contribution in [0.5, 0.6) is 0 Å². The molecule has 3 nitrogen and oxygen atoms in total. The zero-order chi connectivity index (χ0) is 18.1. The minimum Gasteiger partial charge on any atom is -0.395 e. The number of aliphatic hydroxyl groups is 1. The summed E-state index contributed by atoms with van der Waals surface area (Å²) in [5.74, 6) is -0.367. The molecule has 0 spiro atoms. The van der Waals surface area contributed by atoms with Crippen LogP contribution in [0.15, 0.2) is 42.5 Å². The molecule has 2 aliphatic rings. The molecule has 2 unspecified atom stereocenters. The second kappa shape index (κ2) is 9.99. The molecule has 1 aliphatic carbocycles. The fraction of sp³-hybridized carbons (Fsp3) is 0.429. The molecule has 0 aromatic heterocycles. The third kappa shape index (κ3) is 4.66. The van der Waals surface area contributed by atoms with E-state index in [1.165, 1.54) is 17.7 Å². The first-order chi connectivity index (χ1) is 12.7. The highest BCUT2D eigenvalue weighted by atomic mass is 35.5. The van der Waals surface area contributed by atoms with Crippen molar-refractivity contribution in [2.45, 2.75) is 18.4 Å². The van der Waals surface area contributed by atoms with Crippen LogP contribution in [-0.2, 0) is 0 Å². The summed E-state index contributed by atoms with van der Waals surface area (Å²) in [6.45, 7) is 4.68. The fourth-order valence-corrected chi connectivity index (χ4v) is 4.42. The molecule has 4 rings (SSSR count). The van der Waals surface area contributed by atoms with Gasteiger partial charge in [-0.05, 0) is 47.4 Å². The first-order valence-electron chi connectivity index (χ1n) is 9.28. The Hall–Kier alpha value is -1.24. The number of β-amino-alcohol motifs (C(OH)–C–C–N with tert-alkyl or cyclic N) is 1. The Morgan fingerprint density at radius 3 is 2.14 bits per heavy atom. The Labute approximate surface area is 177 Å². The summed E-state index contributed by atoms with van der Waals surface area (Å²) in [6, 6.07) is 12.0. The summed E-state index contributed by atoms with van der Waals surface area (Å²) in [6.07, 6.45) is 0.893. The molecule has 1 fully saturated rings. The van der Waals surface area contributed by atoms with E-state index < -0.39 is 0 Å². The summed E-state index contributed by atoms with van der Waals surface area (Å²) >= 11 is 0. The SMILES string of the molecule is Cl.Cl.OCCN1CCN(C2CC(c3ccc(F)cc3)c3cc(F)ccc32)CC1. The molecule has 1 saturated heterocycles. The van der Waals surface area contributed by atoms with Gasteiger partial charge in [-0.2, -0.15) is 0 Å². The lowest BCUT2D eigenvalue weighted by Gasteiger charge is -2.38. The molecule has 0 saturated carbocycles. The van der Waals surface area contributed by atoms with Gasteiger partial charge in [-0.25, -0.2) is 8.78 Å². The van der Waals surface area contributed by atoms with Crippen LogP contribution in [-0.4, -0.2) is 54.2 Å². The van der Waals surface area contributed by atoms with E-state index in [1.807, 2.05) is 18.2 Å². The fourth-order valence-electron chi connectivity index (χ4n) is 4.42. The maximum Gasteiger partial charge on any atom is 0.123 e. The van der Waals surface area contributed by atoms with E-state index in [4.69, 9.17) is 5.11 Å². The molecule has 0 radical (unpaired) electrons. The number of benzene rings is 2. The minimum atomic E-state index is -0.247. The third-order valence-electron chi connectivity index (χ3n) is 5.78. The monoisotopic (exact) mass is 430 g/mol. The number of hydrogen-bond donors (Lipinski definition) is 1. The Morgan fingerprint density at radius 2 is 1.50 bits per heavy atom. The van der Waals surface area contributed by atoms with Crippen LogP contribution in [0.4, 0.5) is 8.78 Å². The molecule has 154 valence electrons. The number of rotatable bonds is 4. The Morgan fingerprint density at radius 1 is 0.857 bits per heavy atom. The van der Waals surface area contributed by atoms with Crippen LogP contribution in [0, 0.1) is 11.6 Å². The van der Waals surface area contributed by atoms with Gasteiger partial charge in [0.2, 0.25) is 0 Å². The van der Waals surface area contributed by atoms with E-state index in [2.05, 4.69) is 9.80 Å². The molecule has 28 heavy (non-hydrogen) atoms. The average Bonchev–Trinajstić information content (AvgIpc) is 3.02. The van der Waals surface area contributed by atoms with Crippen LogP contribution >= 0.6 is 24.8 Å². The lowest BCUT2D eigenvalue weighted by atomic mass is 9.93. The number of aliphatic hydroxyl groups excluding tert-OH is 1. The molecule has 2 aromatic rings. The second-order valence-corrected chi connectivity index (χ2v) is 7.23. The summed E-state index contributed by atoms with van der Waals surface area (Å²) in [7, 11) is 0. The van der Waals surface area contributed by atoms with Crippen LogP contribution < -0.4 is 0 Å². The van der Waals surface area contributed by atoms with Crippen LogP contribution in [0.25, 0.3) is 0 Å². The van der Waals surface area contributed by atoms with Crippen molar-refractivity contribution in [3.05, 3.63) is 70.8 Å². The summed E-state index contributed by atoms with van der Waals surface area (Å²) in [5.41, 5.74) is 3.26. The first-order valence-corrected chi connectivity index (χ1v) is 9.28. The van der Waals surface area contributed by atoms with Gasteiger partial charge in [0, 0.05) is 44.7 Å². The number of piperazine rings is 1. The highest BCUT2D eigenvalue weighted by molar-refractivity contribution is 5.85. The topological polar surface area (TPSA) is 26.7 Å². The third-order valence-corrected chi connectivity index (χ3v) is 5.78. The molecular weight excluding hydrogens is 405 g/mol. The molecule has 0 bridgehead atoms. The molecule has 2 aromatic carbocycles. The normalized spacial score (nSPS) is 22.2. The average molecular weight is 431 g/mol. The van der Waals surface area contributed by atoms with E-state index in [0.717, 1.165) is 50.3 Å². The summed E-state index contributed by atoms with van der Waals surface area (Å²) in [4.78, 5) is 4.74. The number of hydrogen-bond acceptors (Lipinski definition) is 3. The van der Waals surface area contributed by atoms with Crippen LogP contribution in [0.2, 0.25) is 0 Å². The van der Waals surface area contributed by atoms with E-state index in [9.17, 15) is 8.78 Å². The van der Waals surface area contributed by atoms with Crippen molar-refractivity contribution in [2.24, 2.45) is 0 Å². The zero-order valence-corrected chi connectivity index (χ0v) is 17.2. The lowest BCUT2D eigenvalue weighted by molar-refractivity contribution is 0.0827. The molecule has 1 aliphatic heterocycles. The summed E-state index contributed by atoms with van der Waals surface area (Å²) < 4.78 is 27.2. The second-order valence-electron chi connectivity index (χ2n) is 7.23. The molecule has 0 amide bonds. The van der Waals surface area contributed by atoms with Crippen molar-refractivity contribution in [2.75, 3.05) is 39.3 Å². The maximum atomic E-state index is 13.9. The van der Waals surface area contributed by atoms with Gasteiger partial charge in [-0.3, -0.25) is 9.80 Å². The van der Waals surface area contributed by atoms with E-state index >= 15 is 0 Å². The molecule has 7 heteroatoms. The van der Waals surface area contributed by atoms with Crippen molar-refractivity contribution >= 4 is 24.8 Å². The van der Waals surface area contributed by atoms with Gasteiger partial charge in [-0.15, -0.1) is 24.8 Å². The van der Waals surface area contributed by atoms with Crippen molar-refractivity contribution in [3.8, 4) is 0 Å². The highest BCUT2D eigenvalue weighted by Gasteiger charge is 2.36. The Kier molecular flexibility index (Phi) is 8.22. The van der Waals surface area contributed by atoms with Crippen molar-refractivity contribution in [1.82, 2.24) is 9.80 Å². The van der Waals surface area contributed by atoms with Gasteiger partial charge in [0.25, 0.3) is 0 Å². The molecule has 1 N–H and O–H groups in total. The number of fused-ring (bicyclic) bond motifs is 1.